The third-order valence-electron chi connectivity index (χ3n) is 4.12. The number of nitrogens with two attached hydrogens (primary N) is 1. The highest BCUT2D eigenvalue weighted by Gasteiger charge is 2.25. The van der Waals surface area contributed by atoms with Gasteiger partial charge in [-0.3, -0.25) is 4.79 Å². The van der Waals surface area contributed by atoms with E-state index in [4.69, 9.17) is 5.73 Å². The SMILES string of the molecule is CC[C@H](C)[C@H](N)C(=O)NC(CCCc1ccc(F)c(F)c1)C(=O)O. The van der Waals surface area contributed by atoms with Crippen LogP contribution in [0.3, 0.4) is 0 Å². The van der Waals surface area contributed by atoms with Gasteiger partial charge in [-0.25, -0.2) is 13.6 Å². The van der Waals surface area contributed by atoms with Gasteiger partial charge in [0.25, 0.3) is 0 Å². The van der Waals surface area contributed by atoms with E-state index < -0.39 is 35.6 Å². The summed E-state index contributed by atoms with van der Waals surface area (Å²) in [4.78, 5) is 23.3. The Morgan fingerprint density at radius 3 is 2.50 bits per heavy atom. The highest BCUT2D eigenvalue weighted by Crippen LogP contribution is 2.12. The number of amides is 1. The van der Waals surface area contributed by atoms with E-state index in [1.807, 2.05) is 13.8 Å². The summed E-state index contributed by atoms with van der Waals surface area (Å²) in [5.74, 6) is -3.56. The monoisotopic (exact) mass is 342 g/mol. The first kappa shape index (κ1) is 20.0. The standard InChI is InChI=1S/C17H24F2N2O3/c1-3-10(2)15(20)16(22)21-14(17(23)24)6-4-5-11-7-8-12(18)13(19)9-11/h7-10,14-15H,3-6,20H2,1-2H3,(H,21,22)(H,23,24)/t10-,14?,15-/m0/s1. The number of hydrogen-bond donors (Lipinski definition) is 3. The van der Waals surface area contributed by atoms with Gasteiger partial charge < -0.3 is 16.2 Å². The van der Waals surface area contributed by atoms with Crippen molar-refractivity contribution in [3.05, 3.63) is 35.4 Å². The molecule has 1 aromatic rings. The maximum atomic E-state index is 13.1. The summed E-state index contributed by atoms with van der Waals surface area (Å²) in [7, 11) is 0. The largest absolute Gasteiger partial charge is 0.480 e. The lowest BCUT2D eigenvalue weighted by molar-refractivity contribution is -0.142. The van der Waals surface area contributed by atoms with Crippen LogP contribution in [0.25, 0.3) is 0 Å². The maximum Gasteiger partial charge on any atom is 0.326 e. The maximum absolute atomic E-state index is 13.1. The molecule has 0 aliphatic rings. The molecular formula is C17H24F2N2O3. The highest BCUT2D eigenvalue weighted by molar-refractivity contribution is 5.86. The van der Waals surface area contributed by atoms with E-state index in [1.165, 1.54) is 6.07 Å². The number of carboxylic acid groups (broad SMARTS) is 1. The smallest absolute Gasteiger partial charge is 0.326 e. The van der Waals surface area contributed by atoms with E-state index in [2.05, 4.69) is 5.32 Å². The fourth-order valence-electron chi connectivity index (χ4n) is 2.24. The van der Waals surface area contributed by atoms with Crippen LogP contribution in [0, 0.1) is 17.6 Å². The summed E-state index contributed by atoms with van der Waals surface area (Å²) in [6.07, 6.45) is 1.67. The lowest BCUT2D eigenvalue weighted by atomic mass is 9.98. The molecule has 0 aliphatic heterocycles. The van der Waals surface area contributed by atoms with Crippen LogP contribution in [-0.4, -0.2) is 29.1 Å². The lowest BCUT2D eigenvalue weighted by Crippen LogP contribution is -2.50. The van der Waals surface area contributed by atoms with Crippen molar-refractivity contribution in [1.29, 1.82) is 0 Å². The minimum Gasteiger partial charge on any atom is -0.480 e. The number of halogens is 2. The summed E-state index contributed by atoms with van der Waals surface area (Å²) >= 11 is 0. The van der Waals surface area contributed by atoms with Crippen molar-refractivity contribution in [1.82, 2.24) is 5.32 Å². The van der Waals surface area contributed by atoms with Gasteiger partial charge in [0, 0.05) is 0 Å². The Labute approximate surface area is 140 Å². The molecule has 0 bridgehead atoms. The number of carboxylic acids is 1. The molecule has 1 amide bonds. The number of hydrogen-bond acceptors (Lipinski definition) is 3. The predicted octanol–water partition coefficient (Wildman–Crippen LogP) is 2.23. The zero-order chi connectivity index (χ0) is 18.3. The van der Waals surface area contributed by atoms with E-state index in [0.717, 1.165) is 12.1 Å². The molecule has 134 valence electrons. The Morgan fingerprint density at radius 1 is 1.29 bits per heavy atom. The zero-order valence-electron chi connectivity index (χ0n) is 13.9. The van der Waals surface area contributed by atoms with Crippen LogP contribution in [0.4, 0.5) is 8.78 Å². The second-order valence-corrected chi connectivity index (χ2v) is 5.95. The van der Waals surface area contributed by atoms with Gasteiger partial charge in [0.05, 0.1) is 6.04 Å². The van der Waals surface area contributed by atoms with Gasteiger partial charge in [0.2, 0.25) is 5.91 Å². The van der Waals surface area contributed by atoms with E-state index in [1.54, 1.807) is 0 Å². The van der Waals surface area contributed by atoms with Gasteiger partial charge >= 0.3 is 5.97 Å². The molecule has 0 saturated carbocycles. The molecule has 3 atom stereocenters. The van der Waals surface area contributed by atoms with E-state index in [-0.39, 0.29) is 12.3 Å². The van der Waals surface area contributed by atoms with Gasteiger partial charge in [-0.2, -0.15) is 0 Å². The molecule has 0 spiro atoms. The molecule has 0 aromatic heterocycles. The van der Waals surface area contributed by atoms with E-state index >= 15 is 0 Å². The van der Waals surface area contributed by atoms with E-state index in [9.17, 15) is 23.5 Å². The first-order chi connectivity index (χ1) is 11.3. The Kier molecular flexibility index (Phi) is 7.78. The summed E-state index contributed by atoms with van der Waals surface area (Å²) in [5, 5.41) is 11.7. The topological polar surface area (TPSA) is 92.4 Å². The molecule has 0 fully saturated rings. The summed E-state index contributed by atoms with van der Waals surface area (Å²) in [6, 6.07) is 1.75. The molecule has 7 heteroatoms. The number of nitrogens with one attached hydrogen (secondary N) is 1. The van der Waals surface area contributed by atoms with Gasteiger partial charge in [0.1, 0.15) is 6.04 Å². The van der Waals surface area contributed by atoms with Crippen molar-refractivity contribution >= 4 is 11.9 Å². The van der Waals surface area contributed by atoms with Crippen LogP contribution in [0.2, 0.25) is 0 Å². The Bertz CT molecular complexity index is 581. The number of rotatable bonds is 9. The summed E-state index contributed by atoms with van der Waals surface area (Å²) < 4.78 is 26.0. The van der Waals surface area contributed by atoms with Gasteiger partial charge in [0.15, 0.2) is 11.6 Å². The van der Waals surface area contributed by atoms with E-state index in [0.29, 0.717) is 24.8 Å². The normalized spacial score (nSPS) is 14.7. The number of carbonyl (C=O) groups excluding carboxylic acids is 1. The third kappa shape index (κ3) is 5.88. The molecule has 4 N–H and O–H groups in total. The van der Waals surface area contributed by atoms with Crippen molar-refractivity contribution in [2.24, 2.45) is 11.7 Å². The van der Waals surface area contributed by atoms with Crippen molar-refractivity contribution in [3.63, 3.8) is 0 Å². The first-order valence-corrected chi connectivity index (χ1v) is 7.99. The minimum atomic E-state index is -1.15. The molecule has 0 radical (unpaired) electrons. The lowest BCUT2D eigenvalue weighted by Gasteiger charge is -2.21. The summed E-state index contributed by atoms with van der Waals surface area (Å²) in [5.41, 5.74) is 6.36. The molecule has 1 rings (SSSR count). The molecule has 1 aromatic carbocycles. The number of aryl methyl sites for hydroxylation is 1. The second-order valence-electron chi connectivity index (χ2n) is 5.95. The van der Waals surface area contributed by atoms with Crippen molar-refractivity contribution in [2.45, 2.75) is 51.6 Å². The van der Waals surface area contributed by atoms with Crippen LogP contribution < -0.4 is 11.1 Å². The van der Waals surface area contributed by atoms with Crippen LogP contribution in [0.1, 0.15) is 38.7 Å². The minimum absolute atomic E-state index is 0.0540. The molecular weight excluding hydrogens is 318 g/mol. The molecule has 24 heavy (non-hydrogen) atoms. The molecule has 5 nitrogen and oxygen atoms in total. The average Bonchev–Trinajstić information content (AvgIpc) is 2.55. The van der Waals surface area contributed by atoms with Gasteiger partial charge in [-0.15, -0.1) is 0 Å². The highest BCUT2D eigenvalue weighted by atomic mass is 19.2. The van der Waals surface area contributed by atoms with Crippen LogP contribution in [0.5, 0.6) is 0 Å². The van der Waals surface area contributed by atoms with Crippen LogP contribution >= 0.6 is 0 Å². The zero-order valence-corrected chi connectivity index (χ0v) is 13.9. The number of carbonyl (C=O) groups is 2. The molecule has 0 saturated heterocycles. The van der Waals surface area contributed by atoms with Crippen molar-refractivity contribution in [2.75, 3.05) is 0 Å². The molecule has 0 heterocycles. The molecule has 0 aliphatic carbocycles. The fourth-order valence-corrected chi connectivity index (χ4v) is 2.24. The second kappa shape index (κ2) is 9.32. The molecule has 1 unspecified atom stereocenters. The van der Waals surface area contributed by atoms with Crippen LogP contribution in [-0.2, 0) is 16.0 Å². The predicted molar refractivity (Wildman–Crippen MR) is 86.3 cm³/mol. The Balaban J connectivity index is 2.55. The quantitative estimate of drug-likeness (QED) is 0.642. The van der Waals surface area contributed by atoms with Crippen molar-refractivity contribution < 1.29 is 23.5 Å². The van der Waals surface area contributed by atoms with Gasteiger partial charge in [-0.1, -0.05) is 26.3 Å². The van der Waals surface area contributed by atoms with Gasteiger partial charge in [-0.05, 0) is 42.9 Å². The number of benzene rings is 1. The van der Waals surface area contributed by atoms with Crippen molar-refractivity contribution in [3.8, 4) is 0 Å². The Hall–Kier alpha value is -2.02. The first-order valence-electron chi connectivity index (χ1n) is 7.99. The average molecular weight is 342 g/mol. The number of aliphatic carboxylic acids is 1. The third-order valence-corrected chi connectivity index (χ3v) is 4.12. The Morgan fingerprint density at radius 2 is 1.96 bits per heavy atom. The summed E-state index contributed by atoms with van der Waals surface area (Å²) in [6.45, 7) is 3.72. The fraction of sp³-hybridized carbons (Fsp3) is 0.529. The van der Waals surface area contributed by atoms with Crippen LogP contribution in [0.15, 0.2) is 18.2 Å².